The number of rotatable bonds is 10. The zero-order chi connectivity index (χ0) is 27.4. The molecule has 3 rings (SSSR count). The first-order valence-electron chi connectivity index (χ1n) is 11.1. The van der Waals surface area contributed by atoms with Gasteiger partial charge in [-0.15, -0.1) is 0 Å². The van der Waals surface area contributed by atoms with E-state index in [1.54, 1.807) is 38.1 Å². The van der Waals surface area contributed by atoms with Gasteiger partial charge >= 0.3 is 0 Å². The second kappa shape index (κ2) is 11.5. The molecule has 0 saturated carbocycles. The lowest BCUT2D eigenvalue weighted by Gasteiger charge is -2.23. The summed E-state index contributed by atoms with van der Waals surface area (Å²) in [4.78, 5) is 12.9. The number of carbonyl (C=O) groups excluding carboxylic acids is 1. The molecule has 37 heavy (non-hydrogen) atoms. The highest BCUT2D eigenvalue weighted by Gasteiger charge is 2.21. The molecule has 3 aromatic rings. The van der Waals surface area contributed by atoms with Crippen molar-refractivity contribution in [2.45, 2.75) is 31.3 Å². The van der Waals surface area contributed by atoms with Crippen molar-refractivity contribution in [2.24, 2.45) is 0 Å². The Kier molecular flexibility index (Phi) is 8.85. The summed E-state index contributed by atoms with van der Waals surface area (Å²) in [5.74, 6) is -0.260. The number of halogens is 1. The van der Waals surface area contributed by atoms with E-state index in [2.05, 4.69) is 10.0 Å². The number of nitrogens with one attached hydrogen (secondary N) is 2. The van der Waals surface area contributed by atoms with E-state index in [-0.39, 0.29) is 34.5 Å². The molecule has 0 spiro atoms. The Morgan fingerprint density at radius 1 is 1.00 bits per heavy atom. The summed E-state index contributed by atoms with van der Waals surface area (Å²) >= 11 is 6.21. The fourth-order valence-electron chi connectivity index (χ4n) is 3.49. The highest BCUT2D eigenvalue weighted by molar-refractivity contribution is 7.92. The first-order valence-corrected chi connectivity index (χ1v) is 14.9. The lowest BCUT2D eigenvalue weighted by Crippen LogP contribution is -2.30. The van der Waals surface area contributed by atoms with Crippen LogP contribution in [0.4, 0.5) is 11.4 Å². The Bertz CT molecular complexity index is 1490. The van der Waals surface area contributed by atoms with E-state index >= 15 is 0 Å². The molecule has 0 atom stereocenters. The maximum absolute atomic E-state index is 13.0. The summed E-state index contributed by atoms with van der Waals surface area (Å²) in [6, 6.07) is 16.7. The monoisotopic (exact) mass is 565 g/mol. The minimum absolute atomic E-state index is 0.0208. The van der Waals surface area contributed by atoms with Crippen molar-refractivity contribution < 1.29 is 26.4 Å². The first-order chi connectivity index (χ1) is 17.3. The number of amides is 1. The molecule has 9 nitrogen and oxygen atoms in total. The number of sulfonamides is 2. The third kappa shape index (κ3) is 7.22. The fourth-order valence-corrected chi connectivity index (χ4v) is 5.84. The zero-order valence-electron chi connectivity index (χ0n) is 20.7. The highest BCUT2D eigenvalue weighted by atomic mass is 35.5. The summed E-state index contributed by atoms with van der Waals surface area (Å²) in [6.07, 6.45) is 1.09. The van der Waals surface area contributed by atoms with E-state index in [1.807, 2.05) is 0 Å². The van der Waals surface area contributed by atoms with Gasteiger partial charge in [-0.05, 0) is 67.9 Å². The van der Waals surface area contributed by atoms with Crippen LogP contribution in [0.15, 0.2) is 71.6 Å². The largest absolute Gasteiger partial charge is 0.495 e. The SMILES string of the molecule is COc1ccc(S(=O)(=O)NC(C)C)cc1NC(=O)c1ccc(N(Cc2ccccc2Cl)S(C)(=O)=O)cc1. The van der Waals surface area contributed by atoms with Crippen LogP contribution >= 0.6 is 11.6 Å². The molecule has 0 aliphatic carbocycles. The van der Waals surface area contributed by atoms with Gasteiger partial charge in [0.1, 0.15) is 5.75 Å². The van der Waals surface area contributed by atoms with E-state index in [9.17, 15) is 21.6 Å². The van der Waals surface area contributed by atoms with Gasteiger partial charge in [-0.1, -0.05) is 29.8 Å². The molecule has 0 heterocycles. The van der Waals surface area contributed by atoms with Crippen LogP contribution in [-0.4, -0.2) is 42.2 Å². The predicted octanol–water partition coefficient (Wildman–Crippen LogP) is 4.25. The van der Waals surface area contributed by atoms with Crippen LogP contribution in [0.25, 0.3) is 0 Å². The predicted molar refractivity (Wildman–Crippen MR) is 145 cm³/mol. The summed E-state index contributed by atoms with van der Waals surface area (Å²) in [6.45, 7) is 3.42. The van der Waals surface area contributed by atoms with Gasteiger partial charge < -0.3 is 10.1 Å². The number of hydrogen-bond donors (Lipinski definition) is 2. The highest BCUT2D eigenvalue weighted by Crippen LogP contribution is 2.29. The normalized spacial score (nSPS) is 11.8. The Balaban J connectivity index is 1.86. The summed E-state index contributed by atoms with van der Waals surface area (Å²) in [7, 11) is -6.05. The maximum Gasteiger partial charge on any atom is 0.255 e. The lowest BCUT2D eigenvalue weighted by atomic mass is 10.1. The van der Waals surface area contributed by atoms with E-state index in [4.69, 9.17) is 16.3 Å². The molecular formula is C25H28ClN3O6S2. The van der Waals surface area contributed by atoms with Crippen molar-refractivity contribution >= 4 is 48.9 Å². The smallest absolute Gasteiger partial charge is 0.255 e. The third-order valence-electron chi connectivity index (χ3n) is 5.21. The maximum atomic E-state index is 13.0. The Labute approximate surface area is 222 Å². The average molecular weight is 566 g/mol. The van der Waals surface area contributed by atoms with Crippen LogP contribution < -0.4 is 19.1 Å². The quantitative estimate of drug-likeness (QED) is 0.379. The Hall–Kier alpha value is -3.12. The van der Waals surface area contributed by atoms with Gasteiger partial charge in [-0.2, -0.15) is 0 Å². The van der Waals surface area contributed by atoms with Crippen LogP contribution in [-0.2, 0) is 26.6 Å². The van der Waals surface area contributed by atoms with Crippen molar-refractivity contribution in [2.75, 3.05) is 23.0 Å². The van der Waals surface area contributed by atoms with Gasteiger partial charge in [0.2, 0.25) is 20.0 Å². The van der Waals surface area contributed by atoms with Gasteiger partial charge in [-0.25, -0.2) is 21.6 Å². The minimum Gasteiger partial charge on any atom is -0.495 e. The van der Waals surface area contributed by atoms with Crippen LogP contribution in [0.3, 0.4) is 0 Å². The molecule has 0 saturated heterocycles. The topological polar surface area (TPSA) is 122 Å². The molecule has 0 aliphatic rings. The second-order valence-corrected chi connectivity index (χ2v) is 12.5. The van der Waals surface area contributed by atoms with Crippen molar-refractivity contribution in [3.8, 4) is 5.75 Å². The molecule has 0 unspecified atom stereocenters. The van der Waals surface area contributed by atoms with Crippen LogP contribution in [0, 0.1) is 0 Å². The number of benzene rings is 3. The van der Waals surface area contributed by atoms with Crippen molar-refractivity contribution in [3.63, 3.8) is 0 Å². The molecule has 1 amide bonds. The van der Waals surface area contributed by atoms with Crippen LogP contribution in [0.1, 0.15) is 29.8 Å². The molecule has 0 radical (unpaired) electrons. The lowest BCUT2D eigenvalue weighted by molar-refractivity contribution is 0.102. The summed E-state index contributed by atoms with van der Waals surface area (Å²) < 4.78 is 59.1. The van der Waals surface area contributed by atoms with Crippen molar-refractivity contribution in [1.82, 2.24) is 4.72 Å². The number of hydrogen-bond acceptors (Lipinski definition) is 6. The van der Waals surface area contributed by atoms with E-state index in [0.29, 0.717) is 16.3 Å². The molecule has 2 N–H and O–H groups in total. The second-order valence-electron chi connectivity index (χ2n) is 8.50. The molecular weight excluding hydrogens is 538 g/mol. The van der Waals surface area contributed by atoms with Crippen LogP contribution in [0.2, 0.25) is 5.02 Å². The Morgan fingerprint density at radius 2 is 1.65 bits per heavy atom. The van der Waals surface area contributed by atoms with Gasteiger partial charge in [0.05, 0.1) is 36.2 Å². The fraction of sp³-hybridized carbons (Fsp3) is 0.240. The molecule has 0 aromatic heterocycles. The van der Waals surface area contributed by atoms with Crippen LogP contribution in [0.5, 0.6) is 5.75 Å². The standard InChI is InChI=1S/C25H28ClN3O6S2/c1-17(2)28-37(33,34)21-13-14-24(35-3)23(15-21)27-25(30)18-9-11-20(12-10-18)29(36(4,31)32)16-19-7-5-6-8-22(19)26/h5-15,17,28H,16H2,1-4H3,(H,27,30). The molecule has 12 heteroatoms. The first kappa shape index (κ1) is 28.5. The Morgan fingerprint density at radius 3 is 2.22 bits per heavy atom. The number of methoxy groups -OCH3 is 1. The minimum atomic E-state index is -3.79. The van der Waals surface area contributed by atoms with E-state index in [0.717, 1.165) is 6.26 Å². The number of anilines is 2. The number of carbonyl (C=O) groups is 1. The van der Waals surface area contributed by atoms with Gasteiger partial charge in [0, 0.05) is 16.6 Å². The van der Waals surface area contributed by atoms with Crippen molar-refractivity contribution in [3.05, 3.63) is 82.9 Å². The molecule has 0 fully saturated rings. The number of ether oxygens (including phenoxy) is 1. The van der Waals surface area contributed by atoms with E-state index < -0.39 is 26.0 Å². The summed E-state index contributed by atoms with van der Waals surface area (Å²) in [5, 5.41) is 3.10. The number of nitrogens with zero attached hydrogens (tertiary/aromatic N) is 1. The molecule has 0 aliphatic heterocycles. The average Bonchev–Trinajstić information content (AvgIpc) is 2.82. The third-order valence-corrected chi connectivity index (χ3v) is 8.38. The van der Waals surface area contributed by atoms with Gasteiger partial charge in [0.15, 0.2) is 0 Å². The van der Waals surface area contributed by atoms with E-state index in [1.165, 1.54) is 53.9 Å². The molecule has 198 valence electrons. The zero-order valence-corrected chi connectivity index (χ0v) is 23.1. The molecule has 0 bridgehead atoms. The van der Waals surface area contributed by atoms with Gasteiger partial charge in [0.25, 0.3) is 5.91 Å². The van der Waals surface area contributed by atoms with Crippen molar-refractivity contribution in [1.29, 1.82) is 0 Å². The van der Waals surface area contributed by atoms with Gasteiger partial charge in [-0.3, -0.25) is 9.10 Å². The molecule has 3 aromatic carbocycles. The summed E-state index contributed by atoms with van der Waals surface area (Å²) in [5.41, 5.74) is 1.37.